The van der Waals surface area contributed by atoms with Crippen molar-refractivity contribution in [1.82, 2.24) is 0 Å². The second-order valence-electron chi connectivity index (χ2n) is 5.76. The standard InChI is InChI=1S/C10H12N2O5.C8H8N2O5/c1-3-17-10(13)6-4-8(12(14)15)7(11)5-9(6)16-2;1-15-7-3-5(9)6(10(13)14)2-4(7)8(11)12/h4-5H,3,11H2,1-2H3;2-3H,9H2,1H3,(H,11,12). The molecule has 0 bridgehead atoms. The van der Waals surface area contributed by atoms with E-state index in [0.717, 1.165) is 18.2 Å². The smallest absolute Gasteiger partial charge is 0.342 e. The maximum atomic E-state index is 11.5. The molecule has 0 aliphatic carbocycles. The highest BCUT2D eigenvalue weighted by molar-refractivity contribution is 5.95. The number of aromatic carboxylic acids is 1. The van der Waals surface area contributed by atoms with E-state index < -0.39 is 27.5 Å². The Morgan fingerprint density at radius 2 is 1.31 bits per heavy atom. The lowest BCUT2D eigenvalue weighted by atomic mass is 10.1. The van der Waals surface area contributed by atoms with E-state index in [-0.39, 0.29) is 46.3 Å². The summed E-state index contributed by atoms with van der Waals surface area (Å²) >= 11 is 0. The first-order chi connectivity index (χ1) is 15.0. The van der Waals surface area contributed by atoms with Crippen molar-refractivity contribution in [3.63, 3.8) is 0 Å². The maximum Gasteiger partial charge on any atom is 0.342 e. The molecule has 2 aromatic carbocycles. The van der Waals surface area contributed by atoms with Crippen molar-refractivity contribution in [2.75, 3.05) is 32.3 Å². The number of nitro benzene ring substituents is 2. The van der Waals surface area contributed by atoms with Gasteiger partial charge in [-0.2, -0.15) is 0 Å². The third-order valence-corrected chi connectivity index (χ3v) is 3.82. The van der Waals surface area contributed by atoms with Crippen LogP contribution in [0.25, 0.3) is 0 Å². The number of hydrogen-bond donors (Lipinski definition) is 3. The summed E-state index contributed by atoms with van der Waals surface area (Å²) in [6, 6.07) is 4.26. The fourth-order valence-electron chi connectivity index (χ4n) is 2.36. The molecule has 2 rings (SSSR count). The number of carboxylic acid groups (broad SMARTS) is 1. The SMILES string of the molecule is CCOC(=O)c1cc([N+](=O)[O-])c(N)cc1OC.COc1cc(N)c([N+](=O)[O-])cc1C(=O)O. The Hall–Kier alpha value is -4.62. The lowest BCUT2D eigenvalue weighted by molar-refractivity contribution is -0.384. The predicted octanol–water partition coefficient (Wildman–Crippen LogP) is 2.25. The van der Waals surface area contributed by atoms with Gasteiger partial charge in [0.15, 0.2) is 0 Å². The first-order valence-corrected chi connectivity index (χ1v) is 8.62. The number of hydrogen-bond acceptors (Lipinski definition) is 11. The predicted molar refractivity (Wildman–Crippen MR) is 111 cm³/mol. The molecule has 14 heteroatoms. The maximum absolute atomic E-state index is 11.5. The number of anilines is 2. The molecule has 0 unspecified atom stereocenters. The van der Waals surface area contributed by atoms with Crippen LogP contribution in [0.2, 0.25) is 0 Å². The molecule has 2 aromatic rings. The third-order valence-electron chi connectivity index (χ3n) is 3.82. The first-order valence-electron chi connectivity index (χ1n) is 8.62. The van der Waals surface area contributed by atoms with E-state index in [9.17, 15) is 29.8 Å². The van der Waals surface area contributed by atoms with Gasteiger partial charge in [0.05, 0.1) is 30.7 Å². The number of ether oxygens (including phenoxy) is 3. The second kappa shape index (κ2) is 11.0. The molecule has 0 saturated heterocycles. The number of carbonyl (C=O) groups is 2. The summed E-state index contributed by atoms with van der Waals surface area (Å²) in [6.07, 6.45) is 0. The van der Waals surface area contributed by atoms with Crippen LogP contribution in [-0.2, 0) is 4.74 Å². The summed E-state index contributed by atoms with van der Waals surface area (Å²) in [6.45, 7) is 1.80. The van der Waals surface area contributed by atoms with Gasteiger partial charge in [0.1, 0.15) is 34.0 Å². The van der Waals surface area contributed by atoms with Gasteiger partial charge in [-0.05, 0) is 6.92 Å². The Kier molecular flexibility index (Phi) is 8.70. The van der Waals surface area contributed by atoms with Crippen molar-refractivity contribution < 1.29 is 38.8 Å². The van der Waals surface area contributed by atoms with E-state index in [1.165, 1.54) is 20.3 Å². The average Bonchev–Trinajstić information content (AvgIpc) is 2.72. The summed E-state index contributed by atoms with van der Waals surface area (Å²) < 4.78 is 14.4. The Bertz CT molecular complexity index is 1050. The summed E-state index contributed by atoms with van der Waals surface area (Å²) in [4.78, 5) is 42.0. The third kappa shape index (κ3) is 5.94. The molecular weight excluding hydrogens is 432 g/mol. The summed E-state index contributed by atoms with van der Waals surface area (Å²) in [7, 11) is 2.59. The van der Waals surface area contributed by atoms with Crippen LogP contribution < -0.4 is 20.9 Å². The molecule has 32 heavy (non-hydrogen) atoms. The highest BCUT2D eigenvalue weighted by atomic mass is 16.6. The molecule has 0 spiro atoms. The highest BCUT2D eigenvalue weighted by Gasteiger charge is 2.22. The molecule has 172 valence electrons. The van der Waals surface area contributed by atoms with Gasteiger partial charge in [-0.3, -0.25) is 20.2 Å². The molecular formula is C18H20N4O10. The Morgan fingerprint density at radius 3 is 1.66 bits per heavy atom. The number of nitrogens with two attached hydrogens (primary N) is 2. The second-order valence-corrected chi connectivity index (χ2v) is 5.76. The van der Waals surface area contributed by atoms with Crippen LogP contribution in [0.1, 0.15) is 27.6 Å². The molecule has 0 aliphatic rings. The van der Waals surface area contributed by atoms with Gasteiger partial charge in [0.25, 0.3) is 11.4 Å². The zero-order valence-electron chi connectivity index (χ0n) is 17.2. The number of carboxylic acids is 1. The molecule has 0 aromatic heterocycles. The van der Waals surface area contributed by atoms with Gasteiger partial charge in [0.2, 0.25) is 0 Å². The van der Waals surface area contributed by atoms with E-state index in [1.54, 1.807) is 6.92 Å². The van der Waals surface area contributed by atoms with Crippen LogP contribution in [0.4, 0.5) is 22.7 Å². The molecule has 0 amide bonds. The minimum absolute atomic E-state index is 0.00870. The number of nitro groups is 2. The minimum atomic E-state index is -1.31. The van der Waals surface area contributed by atoms with E-state index in [1.807, 2.05) is 0 Å². The largest absolute Gasteiger partial charge is 0.496 e. The number of carbonyl (C=O) groups excluding carboxylic acids is 1. The first kappa shape index (κ1) is 25.4. The fraction of sp³-hybridized carbons (Fsp3) is 0.222. The van der Waals surface area contributed by atoms with Gasteiger partial charge in [-0.1, -0.05) is 0 Å². The van der Waals surface area contributed by atoms with E-state index in [4.69, 9.17) is 30.8 Å². The van der Waals surface area contributed by atoms with Crippen LogP contribution in [0.5, 0.6) is 11.5 Å². The van der Waals surface area contributed by atoms with Gasteiger partial charge >= 0.3 is 11.9 Å². The molecule has 14 nitrogen and oxygen atoms in total. The number of methoxy groups -OCH3 is 2. The molecule has 0 fully saturated rings. The molecule has 0 radical (unpaired) electrons. The number of esters is 1. The molecule has 0 saturated carbocycles. The molecule has 5 N–H and O–H groups in total. The topological polar surface area (TPSA) is 220 Å². The zero-order chi connectivity index (χ0) is 24.6. The minimum Gasteiger partial charge on any atom is -0.496 e. The van der Waals surface area contributed by atoms with Crippen molar-refractivity contribution in [2.24, 2.45) is 0 Å². The normalized spacial score (nSPS) is 9.72. The summed E-state index contributed by atoms with van der Waals surface area (Å²) in [5.74, 6) is -1.86. The number of nitrogen functional groups attached to an aromatic ring is 2. The number of nitrogens with zero attached hydrogens (tertiary/aromatic N) is 2. The van der Waals surface area contributed by atoms with Gasteiger partial charge in [-0.15, -0.1) is 0 Å². The van der Waals surface area contributed by atoms with Crippen LogP contribution >= 0.6 is 0 Å². The number of rotatable bonds is 7. The van der Waals surface area contributed by atoms with Crippen molar-refractivity contribution in [3.05, 3.63) is 55.6 Å². The Morgan fingerprint density at radius 1 is 0.906 bits per heavy atom. The molecule has 0 aliphatic heterocycles. The van der Waals surface area contributed by atoms with Crippen LogP contribution in [-0.4, -0.2) is 47.7 Å². The van der Waals surface area contributed by atoms with Crippen molar-refractivity contribution in [1.29, 1.82) is 0 Å². The number of benzene rings is 2. The monoisotopic (exact) mass is 452 g/mol. The van der Waals surface area contributed by atoms with Crippen molar-refractivity contribution in [2.45, 2.75) is 6.92 Å². The molecule has 0 atom stereocenters. The van der Waals surface area contributed by atoms with E-state index in [2.05, 4.69) is 0 Å². The van der Waals surface area contributed by atoms with Crippen molar-refractivity contribution in [3.8, 4) is 11.5 Å². The van der Waals surface area contributed by atoms with Gasteiger partial charge in [-0.25, -0.2) is 9.59 Å². The van der Waals surface area contributed by atoms with Gasteiger partial charge < -0.3 is 30.8 Å². The Balaban J connectivity index is 0.000000323. The summed E-state index contributed by atoms with van der Waals surface area (Å²) in [5.41, 5.74) is 9.50. The fourth-order valence-corrected chi connectivity index (χ4v) is 2.36. The van der Waals surface area contributed by atoms with Gasteiger partial charge in [0, 0.05) is 24.3 Å². The quantitative estimate of drug-likeness (QED) is 0.238. The lowest BCUT2D eigenvalue weighted by Gasteiger charge is -2.08. The van der Waals surface area contributed by atoms with Crippen LogP contribution in [0, 0.1) is 20.2 Å². The lowest BCUT2D eigenvalue weighted by Crippen LogP contribution is -2.08. The Labute approximate surface area is 180 Å². The average molecular weight is 452 g/mol. The van der Waals surface area contributed by atoms with Crippen LogP contribution in [0.3, 0.4) is 0 Å². The highest BCUT2D eigenvalue weighted by Crippen LogP contribution is 2.31. The molecule has 0 heterocycles. The van der Waals surface area contributed by atoms with Crippen molar-refractivity contribution >= 4 is 34.7 Å². The van der Waals surface area contributed by atoms with E-state index in [0.29, 0.717) is 0 Å². The van der Waals surface area contributed by atoms with Crippen LogP contribution in [0.15, 0.2) is 24.3 Å². The van der Waals surface area contributed by atoms with E-state index >= 15 is 0 Å². The summed E-state index contributed by atoms with van der Waals surface area (Å²) in [5, 5.41) is 29.9. The zero-order valence-corrected chi connectivity index (χ0v) is 17.2.